The Kier molecular flexibility index (Phi) is 5.85. The molecule has 0 aliphatic rings. The Labute approximate surface area is 177 Å². The van der Waals surface area contributed by atoms with E-state index in [1.54, 1.807) is 32.4 Å². The predicted octanol–water partition coefficient (Wildman–Crippen LogP) is 4.64. The van der Waals surface area contributed by atoms with Crippen molar-refractivity contribution in [3.05, 3.63) is 60.7 Å². The zero-order chi connectivity index (χ0) is 20.9. The van der Waals surface area contributed by atoms with Crippen molar-refractivity contribution in [1.82, 2.24) is 10.2 Å². The Bertz CT molecular complexity index is 1190. The second kappa shape index (κ2) is 8.87. The summed E-state index contributed by atoms with van der Waals surface area (Å²) in [5, 5.41) is 13.5. The van der Waals surface area contributed by atoms with Crippen molar-refractivity contribution in [2.45, 2.75) is 5.22 Å². The quantitative estimate of drug-likeness (QED) is 0.435. The van der Waals surface area contributed by atoms with E-state index in [0.717, 1.165) is 16.3 Å². The average molecular weight is 421 g/mol. The molecule has 0 spiro atoms. The molecule has 30 heavy (non-hydrogen) atoms. The zero-order valence-corrected chi connectivity index (χ0v) is 17.2. The van der Waals surface area contributed by atoms with E-state index in [0.29, 0.717) is 28.3 Å². The van der Waals surface area contributed by atoms with Crippen LogP contribution in [-0.4, -0.2) is 36.1 Å². The minimum Gasteiger partial charge on any atom is -0.497 e. The molecule has 0 atom stereocenters. The number of hydrogen-bond donors (Lipinski definition) is 1. The summed E-state index contributed by atoms with van der Waals surface area (Å²) in [5.74, 6) is 1.47. The van der Waals surface area contributed by atoms with Gasteiger partial charge in [-0.2, -0.15) is 0 Å². The number of carbonyl (C=O) groups is 1. The second-order valence-electron chi connectivity index (χ2n) is 6.34. The summed E-state index contributed by atoms with van der Waals surface area (Å²) in [6, 6.07) is 19.2. The minimum absolute atomic E-state index is 0.111. The first-order chi connectivity index (χ1) is 14.7. The van der Waals surface area contributed by atoms with Crippen LogP contribution in [0.2, 0.25) is 0 Å². The SMILES string of the molecule is COc1ccc(OC)c(NC(=O)CSc2nnc(-c3ccc4ccccc4c3)o2)c1. The monoisotopic (exact) mass is 421 g/mol. The fourth-order valence-electron chi connectivity index (χ4n) is 2.93. The lowest BCUT2D eigenvalue weighted by Gasteiger charge is -2.11. The van der Waals surface area contributed by atoms with Crippen molar-refractivity contribution in [2.24, 2.45) is 0 Å². The number of nitrogens with zero attached hydrogens (tertiary/aromatic N) is 2. The van der Waals surface area contributed by atoms with Crippen LogP contribution < -0.4 is 14.8 Å². The smallest absolute Gasteiger partial charge is 0.277 e. The highest BCUT2D eigenvalue weighted by atomic mass is 32.2. The molecule has 4 aromatic rings. The van der Waals surface area contributed by atoms with Gasteiger partial charge in [-0.3, -0.25) is 4.79 Å². The lowest BCUT2D eigenvalue weighted by molar-refractivity contribution is -0.113. The van der Waals surface area contributed by atoms with E-state index in [9.17, 15) is 4.79 Å². The van der Waals surface area contributed by atoms with Crippen molar-refractivity contribution in [1.29, 1.82) is 0 Å². The maximum Gasteiger partial charge on any atom is 0.277 e. The van der Waals surface area contributed by atoms with Gasteiger partial charge in [0.25, 0.3) is 5.22 Å². The van der Waals surface area contributed by atoms with Gasteiger partial charge in [0.05, 0.1) is 25.7 Å². The van der Waals surface area contributed by atoms with E-state index in [-0.39, 0.29) is 11.7 Å². The van der Waals surface area contributed by atoms with E-state index >= 15 is 0 Å². The maximum absolute atomic E-state index is 12.4. The number of fused-ring (bicyclic) bond motifs is 1. The molecule has 1 N–H and O–H groups in total. The van der Waals surface area contributed by atoms with Crippen LogP contribution in [0, 0.1) is 0 Å². The number of carbonyl (C=O) groups excluding carboxylic acids is 1. The van der Waals surface area contributed by atoms with Crippen LogP contribution in [-0.2, 0) is 4.79 Å². The maximum atomic E-state index is 12.4. The Morgan fingerprint density at radius 3 is 2.63 bits per heavy atom. The van der Waals surface area contributed by atoms with Gasteiger partial charge in [0.15, 0.2) is 0 Å². The molecule has 1 heterocycles. The molecule has 0 saturated heterocycles. The van der Waals surface area contributed by atoms with Crippen LogP contribution in [0.1, 0.15) is 0 Å². The molecule has 3 aromatic carbocycles. The average Bonchev–Trinajstić information content (AvgIpc) is 3.26. The summed E-state index contributed by atoms with van der Waals surface area (Å²) in [7, 11) is 3.10. The highest BCUT2D eigenvalue weighted by Crippen LogP contribution is 2.30. The summed E-state index contributed by atoms with van der Waals surface area (Å²) < 4.78 is 16.2. The van der Waals surface area contributed by atoms with E-state index in [1.165, 1.54) is 11.8 Å². The van der Waals surface area contributed by atoms with Crippen molar-refractivity contribution in [3.63, 3.8) is 0 Å². The van der Waals surface area contributed by atoms with Gasteiger partial charge >= 0.3 is 0 Å². The molecule has 0 saturated carbocycles. The number of anilines is 1. The van der Waals surface area contributed by atoms with Crippen molar-refractivity contribution < 1.29 is 18.7 Å². The van der Waals surface area contributed by atoms with E-state index in [2.05, 4.69) is 15.5 Å². The summed E-state index contributed by atoms with van der Waals surface area (Å²) in [6.45, 7) is 0. The summed E-state index contributed by atoms with van der Waals surface area (Å²) >= 11 is 1.17. The number of amides is 1. The van der Waals surface area contributed by atoms with Gasteiger partial charge < -0.3 is 19.2 Å². The molecule has 0 bridgehead atoms. The molecular formula is C22H19N3O4S. The third-order valence-electron chi connectivity index (χ3n) is 4.41. The summed E-state index contributed by atoms with van der Waals surface area (Å²) in [5.41, 5.74) is 1.36. The van der Waals surface area contributed by atoms with Crippen LogP contribution in [0.3, 0.4) is 0 Å². The lowest BCUT2D eigenvalue weighted by atomic mass is 10.1. The molecule has 4 rings (SSSR count). The van der Waals surface area contributed by atoms with Crippen LogP contribution in [0.5, 0.6) is 11.5 Å². The molecule has 0 fully saturated rings. The van der Waals surface area contributed by atoms with Gasteiger partial charge in [-0.15, -0.1) is 10.2 Å². The Hall–Kier alpha value is -3.52. The fraction of sp³-hybridized carbons (Fsp3) is 0.136. The fourth-order valence-corrected chi connectivity index (χ4v) is 3.50. The van der Waals surface area contributed by atoms with Crippen LogP contribution in [0.15, 0.2) is 70.3 Å². The van der Waals surface area contributed by atoms with Crippen LogP contribution >= 0.6 is 11.8 Å². The highest BCUT2D eigenvalue weighted by molar-refractivity contribution is 7.99. The lowest BCUT2D eigenvalue weighted by Crippen LogP contribution is -2.14. The van der Waals surface area contributed by atoms with Crippen molar-refractivity contribution in [3.8, 4) is 23.0 Å². The molecule has 0 aliphatic carbocycles. The van der Waals surface area contributed by atoms with E-state index in [4.69, 9.17) is 13.9 Å². The Balaban J connectivity index is 1.41. The third kappa shape index (κ3) is 4.38. The van der Waals surface area contributed by atoms with Gasteiger partial charge in [-0.05, 0) is 35.0 Å². The first-order valence-electron chi connectivity index (χ1n) is 9.13. The van der Waals surface area contributed by atoms with E-state index < -0.39 is 0 Å². The predicted molar refractivity (Wildman–Crippen MR) is 116 cm³/mol. The van der Waals surface area contributed by atoms with Crippen LogP contribution in [0.25, 0.3) is 22.2 Å². The first-order valence-corrected chi connectivity index (χ1v) is 10.1. The highest BCUT2D eigenvalue weighted by Gasteiger charge is 2.13. The van der Waals surface area contributed by atoms with Crippen molar-refractivity contribution >= 4 is 34.1 Å². The molecular weight excluding hydrogens is 402 g/mol. The first kappa shape index (κ1) is 19.8. The topological polar surface area (TPSA) is 86.5 Å². The second-order valence-corrected chi connectivity index (χ2v) is 7.26. The third-order valence-corrected chi connectivity index (χ3v) is 5.23. The number of thioether (sulfide) groups is 1. The number of hydrogen-bond acceptors (Lipinski definition) is 7. The van der Waals surface area contributed by atoms with Crippen molar-refractivity contribution in [2.75, 3.05) is 25.3 Å². The Morgan fingerprint density at radius 2 is 1.83 bits per heavy atom. The standard InChI is InChI=1S/C22H19N3O4S/c1-27-17-9-10-19(28-2)18(12-17)23-20(26)13-30-22-25-24-21(29-22)16-8-7-14-5-3-4-6-15(14)11-16/h3-12H,13H2,1-2H3,(H,23,26). The molecule has 1 amide bonds. The molecule has 8 heteroatoms. The number of benzene rings is 3. The van der Waals surface area contributed by atoms with Gasteiger partial charge in [0, 0.05) is 11.6 Å². The summed E-state index contributed by atoms with van der Waals surface area (Å²) in [6.07, 6.45) is 0. The number of ether oxygens (including phenoxy) is 2. The zero-order valence-electron chi connectivity index (χ0n) is 16.4. The molecule has 0 unspecified atom stereocenters. The number of rotatable bonds is 7. The van der Waals surface area contributed by atoms with Crippen LogP contribution in [0.4, 0.5) is 5.69 Å². The normalized spacial score (nSPS) is 10.7. The molecule has 152 valence electrons. The largest absolute Gasteiger partial charge is 0.497 e. The molecule has 0 aliphatic heterocycles. The summed E-state index contributed by atoms with van der Waals surface area (Å²) in [4.78, 5) is 12.4. The van der Waals surface area contributed by atoms with Gasteiger partial charge in [-0.1, -0.05) is 42.1 Å². The van der Waals surface area contributed by atoms with Gasteiger partial charge in [0.1, 0.15) is 11.5 Å². The number of aromatic nitrogens is 2. The Morgan fingerprint density at radius 1 is 1.00 bits per heavy atom. The van der Waals surface area contributed by atoms with E-state index in [1.807, 2.05) is 42.5 Å². The number of methoxy groups -OCH3 is 2. The minimum atomic E-state index is -0.225. The molecule has 0 radical (unpaired) electrons. The molecule has 7 nitrogen and oxygen atoms in total. The molecule has 1 aromatic heterocycles. The number of nitrogens with one attached hydrogen (secondary N) is 1. The van der Waals surface area contributed by atoms with Gasteiger partial charge in [0.2, 0.25) is 11.8 Å². The van der Waals surface area contributed by atoms with Gasteiger partial charge in [-0.25, -0.2) is 0 Å².